The Balaban J connectivity index is 1.50. The molecule has 8 heteroatoms. The second kappa shape index (κ2) is 9.28. The van der Waals surface area contributed by atoms with E-state index in [1.165, 1.54) is 11.3 Å². The van der Waals surface area contributed by atoms with Crippen molar-refractivity contribution in [3.63, 3.8) is 0 Å². The van der Waals surface area contributed by atoms with E-state index in [-0.39, 0.29) is 36.2 Å². The van der Waals surface area contributed by atoms with E-state index < -0.39 is 12.1 Å². The van der Waals surface area contributed by atoms with Gasteiger partial charge >= 0.3 is 0 Å². The molecule has 2 aliphatic rings. The topological polar surface area (TPSA) is 88.6 Å². The highest BCUT2D eigenvalue weighted by Crippen LogP contribution is 2.29. The standard InChI is InChI=1S/C23H27N3O4S/c1-14(2)11-16(23(29)26-10-4-6-18-21(26)17(27)13-30-18)25-22(28)20-8-7-19(31-20)15-5-3-9-24-12-15/h3,5,7-9,12,14,16,18,21H,4,6,10-11,13H2,1-2H3,(H,25,28). The molecule has 0 radical (unpaired) electrons. The number of ketones is 1. The van der Waals surface area contributed by atoms with E-state index >= 15 is 0 Å². The van der Waals surface area contributed by atoms with Crippen LogP contribution in [0.1, 0.15) is 42.8 Å². The zero-order chi connectivity index (χ0) is 22.0. The van der Waals surface area contributed by atoms with Crippen molar-refractivity contribution in [2.24, 2.45) is 5.92 Å². The number of aromatic nitrogens is 1. The molecule has 3 atom stereocenters. The van der Waals surface area contributed by atoms with Crippen molar-refractivity contribution in [2.75, 3.05) is 13.2 Å². The smallest absolute Gasteiger partial charge is 0.262 e. The Morgan fingerprint density at radius 2 is 2.16 bits per heavy atom. The summed E-state index contributed by atoms with van der Waals surface area (Å²) in [6.45, 7) is 4.61. The number of ether oxygens (including phenoxy) is 1. The van der Waals surface area contributed by atoms with Gasteiger partial charge in [0.25, 0.3) is 5.91 Å². The Bertz CT molecular complexity index is 959. The van der Waals surface area contributed by atoms with Crippen LogP contribution in [0.2, 0.25) is 0 Å². The van der Waals surface area contributed by atoms with Crippen molar-refractivity contribution in [2.45, 2.75) is 51.3 Å². The van der Waals surface area contributed by atoms with Gasteiger partial charge in [-0.15, -0.1) is 11.3 Å². The van der Waals surface area contributed by atoms with Crippen LogP contribution in [0, 0.1) is 5.92 Å². The van der Waals surface area contributed by atoms with Gasteiger partial charge in [0.05, 0.1) is 11.0 Å². The average Bonchev–Trinajstić information content (AvgIpc) is 3.41. The van der Waals surface area contributed by atoms with Gasteiger partial charge in [-0.1, -0.05) is 19.9 Å². The Morgan fingerprint density at radius 3 is 2.90 bits per heavy atom. The number of rotatable bonds is 6. The summed E-state index contributed by atoms with van der Waals surface area (Å²) in [5.41, 5.74) is 0.945. The van der Waals surface area contributed by atoms with Gasteiger partial charge < -0.3 is 15.0 Å². The maximum Gasteiger partial charge on any atom is 0.262 e. The van der Waals surface area contributed by atoms with E-state index in [0.29, 0.717) is 17.8 Å². The second-order valence-corrected chi connectivity index (χ2v) is 9.58. The van der Waals surface area contributed by atoms with E-state index in [0.717, 1.165) is 23.3 Å². The van der Waals surface area contributed by atoms with Crippen molar-refractivity contribution < 1.29 is 19.1 Å². The summed E-state index contributed by atoms with van der Waals surface area (Å²) in [4.78, 5) is 46.0. The number of nitrogens with one attached hydrogen (secondary N) is 1. The Hall–Kier alpha value is -2.58. The van der Waals surface area contributed by atoms with Crippen LogP contribution >= 0.6 is 11.3 Å². The molecule has 2 fully saturated rings. The lowest BCUT2D eigenvalue weighted by molar-refractivity contribution is -0.142. The maximum absolute atomic E-state index is 13.4. The fourth-order valence-corrected chi connectivity index (χ4v) is 5.18. The Morgan fingerprint density at radius 1 is 1.32 bits per heavy atom. The van der Waals surface area contributed by atoms with Crippen LogP contribution in [-0.2, 0) is 14.3 Å². The molecule has 7 nitrogen and oxygen atoms in total. The van der Waals surface area contributed by atoms with E-state index in [1.54, 1.807) is 23.4 Å². The van der Waals surface area contributed by atoms with Crippen molar-refractivity contribution in [3.8, 4) is 10.4 Å². The largest absolute Gasteiger partial charge is 0.368 e. The lowest BCUT2D eigenvalue weighted by Gasteiger charge is -2.37. The fraction of sp³-hybridized carbons (Fsp3) is 0.478. The zero-order valence-corrected chi connectivity index (χ0v) is 18.6. The first-order valence-electron chi connectivity index (χ1n) is 10.7. The number of amides is 2. The number of likely N-dealkylation sites (tertiary alicyclic amines) is 1. The van der Waals surface area contributed by atoms with Gasteiger partial charge in [0.1, 0.15) is 18.7 Å². The molecule has 3 unspecified atom stereocenters. The lowest BCUT2D eigenvalue weighted by atomic mass is 9.95. The minimum absolute atomic E-state index is 0.0490. The van der Waals surface area contributed by atoms with E-state index in [1.807, 2.05) is 32.0 Å². The molecule has 0 aromatic carbocycles. The zero-order valence-electron chi connectivity index (χ0n) is 17.7. The molecule has 0 spiro atoms. The molecule has 0 aliphatic carbocycles. The van der Waals surface area contributed by atoms with Crippen LogP contribution in [0.15, 0.2) is 36.7 Å². The normalized spacial score (nSPS) is 21.8. The van der Waals surface area contributed by atoms with Crippen LogP contribution in [0.3, 0.4) is 0 Å². The number of thiophene rings is 1. The van der Waals surface area contributed by atoms with E-state index in [4.69, 9.17) is 4.74 Å². The molecule has 2 aromatic rings. The Labute approximate surface area is 185 Å². The maximum atomic E-state index is 13.4. The van der Waals surface area contributed by atoms with Gasteiger partial charge in [0, 0.05) is 29.4 Å². The molecule has 4 heterocycles. The first-order valence-corrected chi connectivity index (χ1v) is 11.5. The predicted molar refractivity (Wildman–Crippen MR) is 118 cm³/mol. The molecule has 1 N–H and O–H groups in total. The second-order valence-electron chi connectivity index (χ2n) is 8.50. The van der Waals surface area contributed by atoms with Crippen molar-refractivity contribution in [1.29, 1.82) is 0 Å². The minimum atomic E-state index is -0.677. The summed E-state index contributed by atoms with van der Waals surface area (Å²) in [5, 5.41) is 2.93. The first kappa shape index (κ1) is 21.6. The Kier molecular flexibility index (Phi) is 6.48. The molecule has 31 heavy (non-hydrogen) atoms. The summed E-state index contributed by atoms with van der Waals surface area (Å²) in [6.07, 6.45) is 5.33. The monoisotopic (exact) mass is 441 g/mol. The average molecular weight is 442 g/mol. The van der Waals surface area contributed by atoms with Gasteiger partial charge in [-0.05, 0) is 43.4 Å². The third kappa shape index (κ3) is 4.70. The number of nitrogens with zero attached hydrogens (tertiary/aromatic N) is 2. The molecule has 0 bridgehead atoms. The van der Waals surface area contributed by atoms with E-state index in [9.17, 15) is 14.4 Å². The quantitative estimate of drug-likeness (QED) is 0.745. The van der Waals surface area contributed by atoms with Crippen LogP contribution in [0.5, 0.6) is 0 Å². The minimum Gasteiger partial charge on any atom is -0.368 e. The molecule has 0 saturated carbocycles. The number of fused-ring (bicyclic) bond motifs is 1. The van der Waals surface area contributed by atoms with Crippen molar-refractivity contribution >= 4 is 28.9 Å². The first-order chi connectivity index (χ1) is 14.9. The summed E-state index contributed by atoms with van der Waals surface area (Å²) in [5.74, 6) is -0.312. The van der Waals surface area contributed by atoms with Crippen molar-refractivity contribution in [3.05, 3.63) is 41.5 Å². The summed E-state index contributed by atoms with van der Waals surface area (Å²) in [6, 6.07) is 6.25. The van der Waals surface area contributed by atoms with Crippen LogP contribution in [0.4, 0.5) is 0 Å². The molecule has 2 aliphatic heterocycles. The number of Topliss-reactive ketones (excluding diaryl/α,β-unsaturated/α-hetero) is 1. The summed E-state index contributed by atoms with van der Waals surface area (Å²) < 4.78 is 5.57. The van der Waals surface area contributed by atoms with Gasteiger partial charge in [-0.2, -0.15) is 0 Å². The van der Waals surface area contributed by atoms with Gasteiger partial charge in [0.15, 0.2) is 5.78 Å². The SMILES string of the molecule is CC(C)CC(NC(=O)c1ccc(-c2cccnc2)s1)C(=O)N1CCCC2OCC(=O)C21. The number of carbonyl (C=O) groups is 3. The number of piperidine rings is 1. The summed E-state index contributed by atoms with van der Waals surface area (Å²) in [7, 11) is 0. The summed E-state index contributed by atoms with van der Waals surface area (Å²) >= 11 is 1.37. The molecular formula is C23H27N3O4S. The number of pyridine rings is 1. The van der Waals surface area contributed by atoms with Crippen LogP contribution < -0.4 is 5.32 Å². The van der Waals surface area contributed by atoms with Gasteiger partial charge in [-0.3, -0.25) is 19.4 Å². The number of carbonyl (C=O) groups excluding carboxylic acids is 3. The third-order valence-electron chi connectivity index (χ3n) is 5.71. The van der Waals surface area contributed by atoms with E-state index in [2.05, 4.69) is 10.3 Å². The highest BCUT2D eigenvalue weighted by molar-refractivity contribution is 7.17. The third-order valence-corrected chi connectivity index (χ3v) is 6.85. The fourth-order valence-electron chi connectivity index (χ4n) is 4.28. The predicted octanol–water partition coefficient (Wildman–Crippen LogP) is 2.91. The van der Waals surface area contributed by atoms with Gasteiger partial charge in [0.2, 0.25) is 5.91 Å². The lowest BCUT2D eigenvalue weighted by Crippen LogP contribution is -2.58. The highest BCUT2D eigenvalue weighted by Gasteiger charge is 2.45. The number of hydrogen-bond acceptors (Lipinski definition) is 6. The van der Waals surface area contributed by atoms with Crippen LogP contribution in [-0.4, -0.2) is 58.8 Å². The van der Waals surface area contributed by atoms with Crippen molar-refractivity contribution in [1.82, 2.24) is 15.2 Å². The molecule has 2 saturated heterocycles. The number of hydrogen-bond donors (Lipinski definition) is 1. The van der Waals surface area contributed by atoms with Crippen LogP contribution in [0.25, 0.3) is 10.4 Å². The molecule has 4 rings (SSSR count). The van der Waals surface area contributed by atoms with Gasteiger partial charge in [-0.25, -0.2) is 0 Å². The molecule has 164 valence electrons. The molecular weight excluding hydrogens is 414 g/mol. The molecule has 2 amide bonds. The molecule has 2 aromatic heterocycles. The highest BCUT2D eigenvalue weighted by atomic mass is 32.1.